The molecule has 0 spiro atoms. The second kappa shape index (κ2) is 19.1. The van der Waals surface area contributed by atoms with Gasteiger partial charge >= 0.3 is 11.9 Å². The van der Waals surface area contributed by atoms with E-state index in [4.69, 9.17) is 14.5 Å². The molecule has 2 fully saturated rings. The van der Waals surface area contributed by atoms with E-state index in [2.05, 4.69) is 24.3 Å². The largest absolute Gasteiger partial charge is 0.469 e. The Morgan fingerprint density at radius 2 is 1.39 bits per heavy atom. The fourth-order valence-electron chi connectivity index (χ4n) is 8.63. The lowest BCUT2D eigenvalue weighted by Gasteiger charge is -2.37. The van der Waals surface area contributed by atoms with Gasteiger partial charge in [-0.2, -0.15) is 0 Å². The van der Waals surface area contributed by atoms with E-state index in [1.807, 2.05) is 100 Å². The average Bonchev–Trinajstić information content (AvgIpc) is 3.92. The number of carbonyl (C=O) groups is 5. The number of benzene rings is 3. The number of hydrogen-bond donors (Lipinski definition) is 0. The van der Waals surface area contributed by atoms with Crippen molar-refractivity contribution in [2.75, 3.05) is 20.2 Å². The number of aliphatic imine (C=N–C) groups is 1. The van der Waals surface area contributed by atoms with Gasteiger partial charge in [-0.25, -0.2) is 0 Å². The lowest BCUT2D eigenvalue weighted by molar-refractivity contribution is -0.157. The van der Waals surface area contributed by atoms with Gasteiger partial charge in [-0.3, -0.25) is 29.0 Å². The Morgan fingerprint density at radius 1 is 0.746 bits per heavy atom. The summed E-state index contributed by atoms with van der Waals surface area (Å²) >= 11 is 0. The van der Waals surface area contributed by atoms with Crippen LogP contribution in [0, 0.1) is 11.8 Å². The number of carbonyl (C=O) groups excluding carboxylic acids is 5. The van der Waals surface area contributed by atoms with Crippen LogP contribution in [0.2, 0.25) is 0 Å². The smallest absolute Gasteiger partial charge is 0.307 e. The average molecular weight is 802 g/mol. The number of ether oxygens (including phenoxy) is 2. The van der Waals surface area contributed by atoms with Crippen molar-refractivity contribution in [2.45, 2.75) is 116 Å². The first-order chi connectivity index (χ1) is 28.2. The second-order valence-corrected chi connectivity index (χ2v) is 17.5. The van der Waals surface area contributed by atoms with Crippen molar-refractivity contribution in [3.05, 3.63) is 107 Å². The second-order valence-electron chi connectivity index (χ2n) is 17.5. The number of likely N-dealkylation sites (tertiary alicyclic amines) is 2. The summed E-state index contributed by atoms with van der Waals surface area (Å²) in [5.41, 5.74) is 6.11. The Hall–Kier alpha value is -5.38. The molecule has 0 saturated carbocycles. The number of amides is 2. The molecule has 4 atom stereocenters. The number of esters is 2. The molecule has 3 aliphatic rings. The van der Waals surface area contributed by atoms with Crippen LogP contribution in [0.3, 0.4) is 0 Å². The van der Waals surface area contributed by atoms with Crippen LogP contribution in [0.4, 0.5) is 0 Å². The number of hydrogen-bond acceptors (Lipinski definition) is 8. The maximum absolute atomic E-state index is 14.2. The molecule has 3 aliphatic heterocycles. The van der Waals surface area contributed by atoms with E-state index in [0.29, 0.717) is 25.9 Å². The molecule has 0 aliphatic carbocycles. The highest BCUT2D eigenvalue weighted by molar-refractivity contribution is 6.04. The van der Waals surface area contributed by atoms with Crippen molar-refractivity contribution < 1.29 is 33.4 Å². The molecule has 0 N–H and O–H groups in total. The Morgan fingerprint density at radius 3 is 2.03 bits per heavy atom. The minimum absolute atomic E-state index is 0.00410. The summed E-state index contributed by atoms with van der Waals surface area (Å²) in [6, 6.07) is 25.0. The number of piperidine rings is 1. The fraction of sp³-hybridized carbons (Fsp3) is 0.469. The molecule has 0 aromatic heterocycles. The van der Waals surface area contributed by atoms with Gasteiger partial charge in [0.2, 0.25) is 11.8 Å². The summed E-state index contributed by atoms with van der Waals surface area (Å²) in [7, 11) is 1.36. The van der Waals surface area contributed by atoms with E-state index in [0.717, 1.165) is 64.8 Å². The van der Waals surface area contributed by atoms with Crippen molar-refractivity contribution in [1.82, 2.24) is 9.80 Å². The van der Waals surface area contributed by atoms with Gasteiger partial charge < -0.3 is 19.3 Å². The Labute approximate surface area is 349 Å². The van der Waals surface area contributed by atoms with Crippen LogP contribution in [-0.4, -0.2) is 82.9 Å². The van der Waals surface area contributed by atoms with Gasteiger partial charge in [-0.1, -0.05) is 92.7 Å². The van der Waals surface area contributed by atoms with Crippen LogP contribution in [0.15, 0.2) is 95.6 Å². The summed E-state index contributed by atoms with van der Waals surface area (Å²) < 4.78 is 10.5. The zero-order valence-corrected chi connectivity index (χ0v) is 35.4. The van der Waals surface area contributed by atoms with Gasteiger partial charge in [0.1, 0.15) is 5.60 Å². The number of nitrogens with zero attached hydrogens (tertiary/aromatic N) is 3. The minimum atomic E-state index is -0.736. The summed E-state index contributed by atoms with van der Waals surface area (Å²) in [5, 5.41) is 0. The van der Waals surface area contributed by atoms with E-state index in [1.54, 1.807) is 4.90 Å². The Bertz CT molecular complexity index is 2050. The van der Waals surface area contributed by atoms with Crippen molar-refractivity contribution in [1.29, 1.82) is 0 Å². The van der Waals surface area contributed by atoms with Crippen molar-refractivity contribution in [3.63, 3.8) is 0 Å². The third-order valence-corrected chi connectivity index (χ3v) is 11.8. The summed E-state index contributed by atoms with van der Waals surface area (Å²) in [6.45, 7) is 10.5. The normalized spacial score (nSPS) is 19.2. The van der Waals surface area contributed by atoms with Gasteiger partial charge in [0.25, 0.3) is 0 Å². The molecule has 59 heavy (non-hydrogen) atoms. The van der Waals surface area contributed by atoms with Crippen LogP contribution >= 0.6 is 0 Å². The first-order valence-electron chi connectivity index (χ1n) is 21.1. The van der Waals surface area contributed by atoms with Gasteiger partial charge in [0, 0.05) is 32.1 Å². The number of ketones is 1. The van der Waals surface area contributed by atoms with Crippen LogP contribution in [0.1, 0.15) is 109 Å². The predicted octanol–water partition coefficient (Wildman–Crippen LogP) is 8.26. The van der Waals surface area contributed by atoms with Crippen molar-refractivity contribution >= 4 is 35.2 Å². The van der Waals surface area contributed by atoms with Crippen LogP contribution in [-0.2, 0) is 39.9 Å². The molecule has 0 unspecified atom stereocenters. The van der Waals surface area contributed by atoms with E-state index < -0.39 is 29.4 Å². The Kier molecular flexibility index (Phi) is 14.0. The highest BCUT2D eigenvalue weighted by Crippen LogP contribution is 2.34. The summed E-state index contributed by atoms with van der Waals surface area (Å²) in [6.07, 6.45) is 6.84. The zero-order chi connectivity index (χ0) is 42.3. The topological polar surface area (TPSA) is 123 Å². The fourth-order valence-corrected chi connectivity index (χ4v) is 8.63. The number of rotatable bonds is 14. The minimum Gasteiger partial charge on any atom is -0.469 e. The molecule has 3 heterocycles. The quantitative estimate of drug-likeness (QED) is 0.151. The summed E-state index contributed by atoms with van der Waals surface area (Å²) in [5.74, 6) is -2.14. The SMILES string of the molecule is COC(=O)C[C@H](C(=O)N1CCC[C@H]1C1=CN=C(c2ccc(-c3ccc(CC(=O)[C@H]4CCCCN4C(=O)[C@H](CC(=O)OC(C)(C)C)c4ccccc4)cc3)cc2)C1)C(C)C. The monoisotopic (exact) mass is 801 g/mol. The molecule has 0 bridgehead atoms. The highest BCUT2D eigenvalue weighted by atomic mass is 16.6. The molecule has 6 rings (SSSR count). The van der Waals surface area contributed by atoms with Crippen molar-refractivity contribution in [2.24, 2.45) is 16.8 Å². The van der Waals surface area contributed by atoms with Crippen LogP contribution in [0.25, 0.3) is 11.1 Å². The lowest BCUT2D eigenvalue weighted by atomic mass is 9.89. The summed E-state index contributed by atoms with van der Waals surface area (Å²) in [4.78, 5) is 75.2. The first-order valence-corrected chi connectivity index (χ1v) is 21.1. The maximum Gasteiger partial charge on any atom is 0.307 e. The zero-order valence-electron chi connectivity index (χ0n) is 35.4. The standard InChI is InChI=1S/C49H59N3O7/c1-32(2)39(29-45(54)58-6)47(56)51-26-12-16-42(51)38-28-41(50-31-38)37-23-21-35(22-24-37)34-19-17-33(18-20-34)27-44(53)43-15-10-11-25-52(43)48(57)40(36-13-8-7-9-14-36)30-46(55)59-49(3,4)5/h7-9,13-14,17-24,31-32,39-40,42-43H,10-12,15-16,25-30H2,1-6H3/t39-,40+,42-,43+/m0/s1. The number of Topliss-reactive ketones (excluding diaryl/α,β-unsaturated/α-hetero) is 1. The van der Waals surface area contributed by atoms with Gasteiger partial charge in [0.05, 0.1) is 49.6 Å². The Balaban J connectivity index is 1.07. The van der Waals surface area contributed by atoms with E-state index in [9.17, 15) is 24.0 Å². The predicted molar refractivity (Wildman–Crippen MR) is 229 cm³/mol. The first kappa shape index (κ1) is 43.2. The van der Waals surface area contributed by atoms with E-state index in [1.165, 1.54) is 7.11 Å². The third kappa shape index (κ3) is 10.8. The maximum atomic E-state index is 14.2. The molecular weight excluding hydrogens is 743 g/mol. The van der Waals surface area contributed by atoms with E-state index >= 15 is 0 Å². The molecule has 3 aromatic rings. The lowest BCUT2D eigenvalue weighted by Crippen LogP contribution is -2.50. The molecule has 0 radical (unpaired) electrons. The number of methoxy groups -OCH3 is 1. The molecule has 2 amide bonds. The molecule has 10 nitrogen and oxygen atoms in total. The van der Waals surface area contributed by atoms with Gasteiger partial charge in [0.15, 0.2) is 5.78 Å². The van der Waals surface area contributed by atoms with E-state index in [-0.39, 0.29) is 54.8 Å². The van der Waals surface area contributed by atoms with Crippen LogP contribution in [0.5, 0.6) is 0 Å². The highest BCUT2D eigenvalue weighted by Gasteiger charge is 2.39. The molecule has 312 valence electrons. The van der Waals surface area contributed by atoms with Crippen LogP contribution < -0.4 is 0 Å². The third-order valence-electron chi connectivity index (χ3n) is 11.8. The van der Waals surface area contributed by atoms with Gasteiger partial charge in [-0.15, -0.1) is 0 Å². The molecule has 2 saturated heterocycles. The van der Waals surface area contributed by atoms with Crippen molar-refractivity contribution in [3.8, 4) is 11.1 Å². The molecular formula is C49H59N3O7. The molecule has 3 aromatic carbocycles. The van der Waals surface area contributed by atoms with Gasteiger partial charge in [-0.05, 0) is 92.2 Å². The molecule has 10 heteroatoms.